The molecule has 1 aromatic rings. The van der Waals surface area contributed by atoms with Gasteiger partial charge in [0.05, 0.1) is 26.4 Å². The van der Waals surface area contributed by atoms with Crippen LogP contribution in [0.3, 0.4) is 0 Å². The Kier molecular flexibility index (Phi) is 7.68. The van der Waals surface area contributed by atoms with Crippen molar-refractivity contribution in [3.05, 3.63) is 29.8 Å². The number of hydrogen-bond acceptors (Lipinski definition) is 5. The number of methoxy groups -OCH3 is 1. The summed E-state index contributed by atoms with van der Waals surface area (Å²) in [5, 5.41) is 10.2. The molecular formula is C19H30N2O4. The third-order valence-corrected chi connectivity index (χ3v) is 4.56. The fraction of sp³-hybridized carbons (Fsp3) is 0.632. The molecule has 1 aliphatic heterocycles. The molecule has 25 heavy (non-hydrogen) atoms. The van der Waals surface area contributed by atoms with Crippen molar-refractivity contribution in [3.8, 4) is 5.75 Å². The topological polar surface area (TPSA) is 62.2 Å². The maximum atomic E-state index is 12.0. The molecule has 1 aliphatic rings. The molecular weight excluding hydrogens is 320 g/mol. The molecule has 0 radical (unpaired) electrons. The Morgan fingerprint density at radius 3 is 2.72 bits per heavy atom. The molecule has 1 fully saturated rings. The molecule has 0 aromatic heterocycles. The first kappa shape index (κ1) is 19.7. The Balaban J connectivity index is 1.65. The molecule has 6 heteroatoms. The third kappa shape index (κ3) is 6.30. The summed E-state index contributed by atoms with van der Waals surface area (Å²) >= 11 is 0. The van der Waals surface area contributed by atoms with E-state index in [0.717, 1.165) is 37.2 Å². The van der Waals surface area contributed by atoms with Crippen LogP contribution < -0.4 is 4.74 Å². The summed E-state index contributed by atoms with van der Waals surface area (Å²) in [4.78, 5) is 15.9. The maximum absolute atomic E-state index is 12.0. The first-order chi connectivity index (χ1) is 12.0. The minimum atomic E-state index is -0.522. The molecule has 0 aliphatic carbocycles. The highest BCUT2D eigenvalue weighted by Crippen LogP contribution is 2.19. The minimum absolute atomic E-state index is 0.118. The number of hydrogen-bond donors (Lipinski definition) is 1. The van der Waals surface area contributed by atoms with Crippen molar-refractivity contribution in [1.82, 2.24) is 9.80 Å². The van der Waals surface area contributed by atoms with Crippen LogP contribution in [0.2, 0.25) is 0 Å². The number of carbonyl (C=O) groups is 1. The predicted octanol–water partition coefficient (Wildman–Crippen LogP) is 1.37. The highest BCUT2D eigenvalue weighted by Gasteiger charge is 2.26. The first-order valence-electron chi connectivity index (χ1n) is 8.82. The van der Waals surface area contributed by atoms with Crippen molar-refractivity contribution in [1.29, 1.82) is 0 Å². The predicted molar refractivity (Wildman–Crippen MR) is 96.5 cm³/mol. The molecule has 1 saturated heterocycles. The number of ether oxygens (including phenoxy) is 2. The van der Waals surface area contributed by atoms with Crippen LogP contribution in [0.1, 0.15) is 18.4 Å². The lowest BCUT2D eigenvalue weighted by Crippen LogP contribution is -2.43. The molecule has 1 N–H and O–H groups in total. The van der Waals surface area contributed by atoms with Crippen molar-refractivity contribution < 1.29 is 19.4 Å². The zero-order chi connectivity index (χ0) is 18.2. The second kappa shape index (κ2) is 9.75. The number of β-amino-alcohol motifs (C(OH)–C–C–N with tert-alkyl or cyclic N) is 1. The summed E-state index contributed by atoms with van der Waals surface area (Å²) in [5.41, 5.74) is 1.02. The van der Waals surface area contributed by atoms with Gasteiger partial charge in [-0.1, -0.05) is 12.1 Å². The van der Waals surface area contributed by atoms with Gasteiger partial charge in [0.2, 0.25) is 5.91 Å². The van der Waals surface area contributed by atoms with Gasteiger partial charge in [-0.25, -0.2) is 0 Å². The number of aliphatic hydroxyl groups is 1. The van der Waals surface area contributed by atoms with E-state index >= 15 is 0 Å². The Bertz CT molecular complexity index is 542. The highest BCUT2D eigenvalue weighted by molar-refractivity contribution is 5.78. The zero-order valence-corrected chi connectivity index (χ0v) is 15.5. The minimum Gasteiger partial charge on any atom is -0.497 e. The number of likely N-dealkylation sites (tertiary alicyclic amines) is 1. The number of benzene rings is 1. The van der Waals surface area contributed by atoms with E-state index in [0.29, 0.717) is 19.8 Å². The third-order valence-electron chi connectivity index (χ3n) is 4.56. The highest BCUT2D eigenvalue weighted by atomic mass is 16.5. The van der Waals surface area contributed by atoms with Crippen LogP contribution in [-0.4, -0.2) is 74.4 Å². The van der Waals surface area contributed by atoms with E-state index in [4.69, 9.17) is 9.47 Å². The quantitative estimate of drug-likeness (QED) is 0.767. The van der Waals surface area contributed by atoms with Gasteiger partial charge < -0.3 is 24.4 Å². The Hall–Kier alpha value is -1.63. The molecule has 6 nitrogen and oxygen atoms in total. The van der Waals surface area contributed by atoms with E-state index in [1.807, 2.05) is 24.3 Å². The summed E-state index contributed by atoms with van der Waals surface area (Å²) in [5.74, 6) is 1.13. The molecule has 2 rings (SSSR count). The molecule has 1 amide bonds. The summed E-state index contributed by atoms with van der Waals surface area (Å²) in [6, 6.07) is 7.72. The van der Waals surface area contributed by atoms with Crippen molar-refractivity contribution in [2.24, 2.45) is 5.92 Å². The lowest BCUT2D eigenvalue weighted by Gasteiger charge is -2.33. The second-order valence-corrected chi connectivity index (χ2v) is 6.83. The van der Waals surface area contributed by atoms with E-state index in [1.165, 1.54) is 0 Å². The van der Waals surface area contributed by atoms with Crippen LogP contribution in [0.15, 0.2) is 24.3 Å². The lowest BCUT2D eigenvalue weighted by atomic mass is 9.95. The van der Waals surface area contributed by atoms with Crippen molar-refractivity contribution in [2.75, 3.05) is 47.4 Å². The van der Waals surface area contributed by atoms with E-state index in [9.17, 15) is 9.90 Å². The smallest absolute Gasteiger partial charge is 0.225 e. The molecule has 1 aromatic carbocycles. The van der Waals surface area contributed by atoms with Gasteiger partial charge in [0.15, 0.2) is 0 Å². The summed E-state index contributed by atoms with van der Waals surface area (Å²) in [6.45, 7) is 3.02. The number of rotatable bonds is 8. The summed E-state index contributed by atoms with van der Waals surface area (Å²) in [7, 11) is 5.25. The van der Waals surface area contributed by atoms with Gasteiger partial charge in [-0.15, -0.1) is 0 Å². The van der Waals surface area contributed by atoms with Gasteiger partial charge in [-0.3, -0.25) is 4.79 Å². The second-order valence-electron chi connectivity index (χ2n) is 6.83. The molecule has 0 spiro atoms. The summed E-state index contributed by atoms with van der Waals surface area (Å²) < 4.78 is 10.8. The zero-order valence-electron chi connectivity index (χ0n) is 15.5. The number of amides is 1. The van der Waals surface area contributed by atoms with E-state index in [1.54, 1.807) is 26.1 Å². The van der Waals surface area contributed by atoms with E-state index < -0.39 is 6.10 Å². The fourth-order valence-electron chi connectivity index (χ4n) is 3.15. The average molecular weight is 350 g/mol. The number of aliphatic hydroxyl groups excluding tert-OH is 1. The van der Waals surface area contributed by atoms with Crippen molar-refractivity contribution in [2.45, 2.75) is 25.6 Å². The molecule has 0 saturated carbocycles. The van der Waals surface area contributed by atoms with E-state index in [-0.39, 0.29) is 11.8 Å². The van der Waals surface area contributed by atoms with Gasteiger partial charge in [-0.2, -0.15) is 0 Å². The van der Waals surface area contributed by atoms with Crippen LogP contribution in [0.25, 0.3) is 0 Å². The standard InChI is InChI=1S/C19H30N2O4/c1-20(2)19(23)16-7-9-21(10-8-16)12-17(22)14-25-13-15-5-4-6-18(11-15)24-3/h4-6,11,16-17,22H,7-10,12-14H2,1-3H3. The lowest BCUT2D eigenvalue weighted by molar-refractivity contribution is -0.134. The van der Waals surface area contributed by atoms with Gasteiger partial charge in [0.25, 0.3) is 0 Å². The van der Waals surface area contributed by atoms with Crippen molar-refractivity contribution >= 4 is 5.91 Å². The first-order valence-corrected chi connectivity index (χ1v) is 8.82. The molecule has 0 bridgehead atoms. The largest absolute Gasteiger partial charge is 0.497 e. The van der Waals surface area contributed by atoms with Crippen molar-refractivity contribution in [3.63, 3.8) is 0 Å². The summed E-state index contributed by atoms with van der Waals surface area (Å²) in [6.07, 6.45) is 1.19. The van der Waals surface area contributed by atoms with Gasteiger partial charge in [-0.05, 0) is 43.6 Å². The number of piperidine rings is 1. The molecule has 1 unspecified atom stereocenters. The fourth-order valence-corrected chi connectivity index (χ4v) is 3.15. The molecule has 1 heterocycles. The Morgan fingerprint density at radius 2 is 2.08 bits per heavy atom. The molecule has 1 atom stereocenters. The van der Waals surface area contributed by atoms with Gasteiger partial charge in [0, 0.05) is 26.6 Å². The van der Waals surface area contributed by atoms with E-state index in [2.05, 4.69) is 4.90 Å². The number of nitrogens with zero attached hydrogens (tertiary/aromatic N) is 2. The van der Waals surface area contributed by atoms with Crippen LogP contribution in [-0.2, 0) is 16.1 Å². The average Bonchev–Trinajstić information content (AvgIpc) is 2.62. The monoisotopic (exact) mass is 350 g/mol. The van der Waals surface area contributed by atoms with Crippen LogP contribution >= 0.6 is 0 Å². The van der Waals surface area contributed by atoms with Gasteiger partial charge in [0.1, 0.15) is 5.75 Å². The van der Waals surface area contributed by atoms with Crippen LogP contribution in [0, 0.1) is 5.92 Å². The van der Waals surface area contributed by atoms with Crippen LogP contribution in [0.5, 0.6) is 5.75 Å². The number of carbonyl (C=O) groups excluding carboxylic acids is 1. The Labute approximate surface area is 150 Å². The SMILES string of the molecule is COc1cccc(COCC(O)CN2CCC(C(=O)N(C)C)CC2)c1. The Morgan fingerprint density at radius 1 is 1.36 bits per heavy atom. The molecule has 140 valence electrons. The van der Waals surface area contributed by atoms with Gasteiger partial charge >= 0.3 is 0 Å². The maximum Gasteiger partial charge on any atom is 0.225 e. The van der Waals surface area contributed by atoms with Crippen LogP contribution in [0.4, 0.5) is 0 Å². The normalized spacial score (nSPS) is 17.3.